The van der Waals surface area contributed by atoms with E-state index in [0.717, 1.165) is 10.9 Å². The summed E-state index contributed by atoms with van der Waals surface area (Å²) in [6.07, 6.45) is 2.97. The Labute approximate surface area is 149 Å². The molecular formula is C20H17N3O3. The number of hydrogen-bond donors (Lipinski definition) is 2. The van der Waals surface area contributed by atoms with Gasteiger partial charge < -0.3 is 9.72 Å². The lowest BCUT2D eigenvalue weighted by Crippen LogP contribution is -2.19. The van der Waals surface area contributed by atoms with Gasteiger partial charge in [0.15, 0.2) is 0 Å². The number of rotatable bonds is 6. The number of amides is 1. The molecule has 0 aliphatic heterocycles. The number of hydrazone groups is 1. The Balaban J connectivity index is 1.68. The maximum absolute atomic E-state index is 12.1. The molecule has 0 fully saturated rings. The highest BCUT2D eigenvalue weighted by Crippen LogP contribution is 2.12. The minimum atomic E-state index is -0.381. The van der Waals surface area contributed by atoms with Crippen LogP contribution in [0.4, 0.5) is 0 Å². The minimum Gasteiger partial charge on any atom is -0.490 e. The van der Waals surface area contributed by atoms with Crippen molar-refractivity contribution < 1.29 is 9.53 Å². The molecule has 2 N–H and O–H groups in total. The molecule has 1 heterocycles. The first kappa shape index (κ1) is 17.2. The van der Waals surface area contributed by atoms with E-state index in [1.807, 2.05) is 24.3 Å². The van der Waals surface area contributed by atoms with Gasteiger partial charge in [0.05, 0.1) is 11.8 Å². The fourth-order valence-corrected chi connectivity index (χ4v) is 2.34. The van der Waals surface area contributed by atoms with E-state index in [-0.39, 0.29) is 11.5 Å². The molecular weight excluding hydrogens is 330 g/mol. The first-order chi connectivity index (χ1) is 12.7. The Kier molecular flexibility index (Phi) is 5.24. The molecule has 26 heavy (non-hydrogen) atoms. The predicted molar refractivity (Wildman–Crippen MR) is 102 cm³/mol. The van der Waals surface area contributed by atoms with Crippen molar-refractivity contribution in [1.29, 1.82) is 0 Å². The van der Waals surface area contributed by atoms with Crippen LogP contribution in [0.2, 0.25) is 0 Å². The average Bonchev–Trinajstić information content (AvgIpc) is 2.67. The van der Waals surface area contributed by atoms with Crippen molar-refractivity contribution >= 4 is 23.0 Å². The molecule has 3 aromatic rings. The monoisotopic (exact) mass is 347 g/mol. The predicted octanol–water partition coefficient (Wildman–Crippen LogP) is 2.86. The fourth-order valence-electron chi connectivity index (χ4n) is 2.34. The molecule has 6 nitrogen and oxygen atoms in total. The van der Waals surface area contributed by atoms with Crippen molar-refractivity contribution in [1.82, 2.24) is 10.4 Å². The molecule has 130 valence electrons. The van der Waals surface area contributed by atoms with Crippen LogP contribution in [0.1, 0.15) is 15.9 Å². The molecule has 1 amide bonds. The highest BCUT2D eigenvalue weighted by atomic mass is 16.5. The molecule has 3 rings (SSSR count). The van der Waals surface area contributed by atoms with Gasteiger partial charge in [0.25, 0.3) is 11.5 Å². The molecule has 0 saturated heterocycles. The van der Waals surface area contributed by atoms with Gasteiger partial charge in [-0.3, -0.25) is 9.59 Å². The van der Waals surface area contributed by atoms with Gasteiger partial charge in [-0.25, -0.2) is 5.43 Å². The second-order valence-electron chi connectivity index (χ2n) is 5.46. The molecule has 0 aliphatic rings. The fraction of sp³-hybridized carbons (Fsp3) is 0.0500. The van der Waals surface area contributed by atoms with Gasteiger partial charge in [-0.1, -0.05) is 30.9 Å². The van der Waals surface area contributed by atoms with Crippen LogP contribution in [-0.4, -0.2) is 23.7 Å². The summed E-state index contributed by atoms with van der Waals surface area (Å²) >= 11 is 0. The summed E-state index contributed by atoms with van der Waals surface area (Å²) in [7, 11) is 0. The van der Waals surface area contributed by atoms with Crippen LogP contribution in [0.25, 0.3) is 10.9 Å². The number of aromatic amines is 1. The van der Waals surface area contributed by atoms with E-state index < -0.39 is 0 Å². The molecule has 0 spiro atoms. The van der Waals surface area contributed by atoms with Crippen LogP contribution in [0.3, 0.4) is 0 Å². The Morgan fingerprint density at radius 3 is 2.73 bits per heavy atom. The Bertz CT molecular complexity index is 1020. The van der Waals surface area contributed by atoms with Crippen molar-refractivity contribution in [2.75, 3.05) is 6.61 Å². The number of hydrogen-bond acceptors (Lipinski definition) is 4. The van der Waals surface area contributed by atoms with Gasteiger partial charge in [-0.05, 0) is 41.8 Å². The van der Waals surface area contributed by atoms with E-state index in [1.165, 1.54) is 6.21 Å². The zero-order valence-corrected chi connectivity index (χ0v) is 13.9. The van der Waals surface area contributed by atoms with Crippen molar-refractivity contribution in [3.8, 4) is 5.75 Å². The highest BCUT2D eigenvalue weighted by molar-refractivity contribution is 5.95. The summed E-state index contributed by atoms with van der Waals surface area (Å²) in [5.41, 5.74) is 3.67. The van der Waals surface area contributed by atoms with E-state index >= 15 is 0 Å². The standard InChI is InChI=1S/C20H17N3O3/c1-2-11-26-17-9-7-14(8-10-17)20(25)23-21-13-16-12-15-5-3-4-6-18(15)22-19(16)24/h2-10,12-13H,1,11H2,(H,22,24)(H,23,25)/b21-13-. The third kappa shape index (κ3) is 4.05. The van der Waals surface area contributed by atoms with Crippen LogP contribution in [0.5, 0.6) is 5.75 Å². The molecule has 0 aliphatic carbocycles. The van der Waals surface area contributed by atoms with Crippen molar-refractivity contribution in [2.45, 2.75) is 0 Å². The first-order valence-electron chi connectivity index (χ1n) is 7.96. The SMILES string of the molecule is C=CCOc1ccc(C(=O)N/N=C\c2cc3ccccc3[nH]c2=O)cc1. The van der Waals surface area contributed by atoms with E-state index in [9.17, 15) is 9.59 Å². The highest BCUT2D eigenvalue weighted by Gasteiger charge is 2.05. The number of H-pyrrole nitrogens is 1. The third-order valence-corrected chi connectivity index (χ3v) is 3.64. The molecule has 1 aromatic heterocycles. The molecule has 0 atom stereocenters. The Morgan fingerprint density at radius 1 is 1.19 bits per heavy atom. The maximum Gasteiger partial charge on any atom is 0.271 e. The summed E-state index contributed by atoms with van der Waals surface area (Å²) in [6, 6.07) is 15.8. The number of fused-ring (bicyclic) bond motifs is 1. The van der Waals surface area contributed by atoms with E-state index in [1.54, 1.807) is 36.4 Å². The lowest BCUT2D eigenvalue weighted by Gasteiger charge is -2.04. The minimum absolute atomic E-state index is 0.273. The molecule has 6 heteroatoms. The number of benzene rings is 2. The van der Waals surface area contributed by atoms with Gasteiger partial charge in [-0.15, -0.1) is 0 Å². The lowest BCUT2D eigenvalue weighted by atomic mass is 10.2. The van der Waals surface area contributed by atoms with Crippen molar-refractivity contribution in [2.24, 2.45) is 5.10 Å². The van der Waals surface area contributed by atoms with Crippen LogP contribution in [-0.2, 0) is 0 Å². The summed E-state index contributed by atoms with van der Waals surface area (Å²) in [6.45, 7) is 3.97. The van der Waals surface area contributed by atoms with Crippen LogP contribution < -0.4 is 15.7 Å². The maximum atomic E-state index is 12.1. The summed E-state index contributed by atoms with van der Waals surface area (Å²) in [5.74, 6) is 0.265. The summed E-state index contributed by atoms with van der Waals surface area (Å²) in [4.78, 5) is 26.9. The number of nitrogens with zero attached hydrogens (tertiary/aromatic N) is 1. The average molecular weight is 347 g/mol. The van der Waals surface area contributed by atoms with E-state index in [4.69, 9.17) is 4.74 Å². The van der Waals surface area contributed by atoms with Crippen LogP contribution >= 0.6 is 0 Å². The van der Waals surface area contributed by atoms with E-state index in [0.29, 0.717) is 23.5 Å². The Hall–Kier alpha value is -3.67. The zero-order chi connectivity index (χ0) is 18.4. The van der Waals surface area contributed by atoms with E-state index in [2.05, 4.69) is 22.1 Å². The number of nitrogens with one attached hydrogen (secondary N) is 2. The van der Waals surface area contributed by atoms with Crippen LogP contribution in [0, 0.1) is 0 Å². The molecule has 0 unspecified atom stereocenters. The van der Waals surface area contributed by atoms with Crippen molar-refractivity contribution in [3.05, 3.63) is 88.7 Å². The summed E-state index contributed by atoms with van der Waals surface area (Å²) < 4.78 is 5.36. The number of aromatic nitrogens is 1. The lowest BCUT2D eigenvalue weighted by molar-refractivity contribution is 0.0955. The zero-order valence-electron chi connectivity index (χ0n) is 13.9. The topological polar surface area (TPSA) is 83.5 Å². The quantitative estimate of drug-likeness (QED) is 0.409. The number of ether oxygens (including phenoxy) is 1. The number of carbonyl (C=O) groups excluding carboxylic acids is 1. The molecule has 2 aromatic carbocycles. The van der Waals surface area contributed by atoms with Crippen LogP contribution in [0.15, 0.2) is 77.1 Å². The van der Waals surface area contributed by atoms with Gasteiger partial charge >= 0.3 is 0 Å². The molecule has 0 radical (unpaired) electrons. The second kappa shape index (κ2) is 7.94. The summed E-state index contributed by atoms with van der Waals surface area (Å²) in [5, 5.41) is 4.75. The van der Waals surface area contributed by atoms with Gasteiger partial charge in [0, 0.05) is 11.1 Å². The smallest absolute Gasteiger partial charge is 0.271 e. The first-order valence-corrected chi connectivity index (χ1v) is 7.96. The number of carbonyl (C=O) groups is 1. The third-order valence-electron chi connectivity index (χ3n) is 3.64. The van der Waals surface area contributed by atoms with Gasteiger partial charge in [-0.2, -0.15) is 5.10 Å². The number of pyridine rings is 1. The molecule has 0 bridgehead atoms. The largest absolute Gasteiger partial charge is 0.490 e. The van der Waals surface area contributed by atoms with Gasteiger partial charge in [0.1, 0.15) is 12.4 Å². The molecule has 0 saturated carbocycles. The number of para-hydroxylation sites is 1. The van der Waals surface area contributed by atoms with Gasteiger partial charge in [0.2, 0.25) is 0 Å². The van der Waals surface area contributed by atoms with Crippen molar-refractivity contribution in [3.63, 3.8) is 0 Å². The second-order valence-corrected chi connectivity index (χ2v) is 5.46. The normalized spacial score (nSPS) is 10.8. The Morgan fingerprint density at radius 2 is 1.96 bits per heavy atom.